The van der Waals surface area contributed by atoms with Crippen LogP contribution >= 0.6 is 0 Å². The highest BCUT2D eigenvalue weighted by Gasteiger charge is 2.38. The molecule has 1 fully saturated rings. The summed E-state index contributed by atoms with van der Waals surface area (Å²) in [6.45, 7) is 2.44. The average molecular weight is 288 g/mol. The maximum atomic E-state index is 9.91. The summed E-state index contributed by atoms with van der Waals surface area (Å²) in [5, 5.41) is 28.7. The molecule has 4 atom stereocenters. The highest BCUT2D eigenvalue weighted by molar-refractivity contribution is 4.88. The fourth-order valence-electron chi connectivity index (χ4n) is 2.25. The van der Waals surface area contributed by atoms with E-state index in [4.69, 9.17) is 14.6 Å². The molecule has 1 heterocycles. The van der Waals surface area contributed by atoms with Gasteiger partial charge in [0.1, 0.15) is 24.4 Å². The molecular formula is C15H28O5. The molecule has 3 N–H and O–H groups in total. The van der Waals surface area contributed by atoms with Crippen molar-refractivity contribution >= 4 is 0 Å². The second kappa shape index (κ2) is 10.3. The molecule has 0 spiro atoms. The van der Waals surface area contributed by atoms with E-state index < -0.39 is 24.4 Å². The number of ether oxygens (including phenoxy) is 2. The summed E-state index contributed by atoms with van der Waals surface area (Å²) in [7, 11) is 0. The molecule has 118 valence electrons. The molecule has 1 aliphatic rings. The van der Waals surface area contributed by atoms with Gasteiger partial charge in [-0.3, -0.25) is 0 Å². The normalized spacial score (nSPS) is 31.0. The van der Waals surface area contributed by atoms with Crippen LogP contribution < -0.4 is 0 Å². The zero-order chi connectivity index (χ0) is 14.8. The third-order valence-corrected chi connectivity index (χ3v) is 3.49. The molecule has 0 saturated carbocycles. The summed E-state index contributed by atoms with van der Waals surface area (Å²) >= 11 is 0. The van der Waals surface area contributed by atoms with Gasteiger partial charge >= 0.3 is 0 Å². The highest BCUT2D eigenvalue weighted by atomic mass is 16.6. The second-order valence-electron chi connectivity index (χ2n) is 5.20. The summed E-state index contributed by atoms with van der Waals surface area (Å²) in [5.41, 5.74) is 0. The van der Waals surface area contributed by atoms with E-state index in [1.54, 1.807) is 0 Å². The molecule has 1 aliphatic heterocycles. The summed E-state index contributed by atoms with van der Waals surface area (Å²) < 4.78 is 10.6. The van der Waals surface area contributed by atoms with Crippen LogP contribution in [0.15, 0.2) is 12.2 Å². The fraction of sp³-hybridized carbons (Fsp3) is 0.867. The molecular weight excluding hydrogens is 260 g/mol. The number of hydrogen-bond donors (Lipinski definition) is 3. The lowest BCUT2D eigenvalue weighted by atomic mass is 10.0. The lowest BCUT2D eigenvalue weighted by Gasteiger charge is -2.37. The SMILES string of the molecule is CCCCC/C=C/CCO[C@@H]1[C@@H](O)[C@H](CO)OC[C@H]1O. The van der Waals surface area contributed by atoms with Crippen molar-refractivity contribution in [1.82, 2.24) is 0 Å². The Balaban J connectivity index is 2.19. The molecule has 0 aromatic heterocycles. The van der Waals surface area contributed by atoms with Crippen LogP contribution in [0.25, 0.3) is 0 Å². The molecule has 0 unspecified atom stereocenters. The largest absolute Gasteiger partial charge is 0.394 e. The average Bonchev–Trinajstić information content (AvgIpc) is 2.45. The number of aliphatic hydroxyl groups excluding tert-OH is 3. The van der Waals surface area contributed by atoms with Gasteiger partial charge in [-0.15, -0.1) is 0 Å². The van der Waals surface area contributed by atoms with E-state index in [0.29, 0.717) is 6.61 Å². The minimum absolute atomic E-state index is 0.0831. The number of allylic oxidation sites excluding steroid dienone is 1. The Morgan fingerprint density at radius 3 is 2.65 bits per heavy atom. The van der Waals surface area contributed by atoms with Gasteiger partial charge in [-0.05, 0) is 19.3 Å². The predicted molar refractivity (Wildman–Crippen MR) is 76.5 cm³/mol. The van der Waals surface area contributed by atoms with E-state index in [-0.39, 0.29) is 13.2 Å². The third kappa shape index (κ3) is 5.89. The van der Waals surface area contributed by atoms with Gasteiger partial charge in [0.05, 0.1) is 19.8 Å². The van der Waals surface area contributed by atoms with E-state index in [1.165, 1.54) is 19.3 Å². The summed E-state index contributed by atoms with van der Waals surface area (Å²) in [6.07, 6.45) is 6.55. The van der Waals surface area contributed by atoms with Crippen LogP contribution in [0.3, 0.4) is 0 Å². The predicted octanol–water partition coefficient (Wildman–Crippen LogP) is 1.01. The maximum Gasteiger partial charge on any atom is 0.114 e. The molecule has 0 radical (unpaired) electrons. The van der Waals surface area contributed by atoms with E-state index in [1.807, 2.05) is 0 Å². The monoisotopic (exact) mass is 288 g/mol. The van der Waals surface area contributed by atoms with E-state index in [2.05, 4.69) is 19.1 Å². The Labute approximate surface area is 121 Å². The highest BCUT2D eigenvalue weighted by Crippen LogP contribution is 2.18. The standard InChI is InChI=1S/C15H28O5/c1-2-3-4-5-6-7-8-9-19-15-12(17)11-20-13(10-16)14(15)18/h6-7,12-18H,2-5,8-11H2,1H3/b7-6+/t12-,13+,14+,15+/m1/s1. The van der Waals surface area contributed by atoms with E-state index in [9.17, 15) is 10.2 Å². The van der Waals surface area contributed by atoms with Crippen molar-refractivity contribution in [3.05, 3.63) is 12.2 Å². The van der Waals surface area contributed by atoms with Gasteiger partial charge in [0, 0.05) is 0 Å². The molecule has 5 nitrogen and oxygen atoms in total. The molecule has 0 amide bonds. The minimum atomic E-state index is -0.989. The fourth-order valence-corrected chi connectivity index (χ4v) is 2.25. The van der Waals surface area contributed by atoms with Gasteiger partial charge in [0.2, 0.25) is 0 Å². The maximum absolute atomic E-state index is 9.91. The Hall–Kier alpha value is -0.460. The zero-order valence-electron chi connectivity index (χ0n) is 12.3. The van der Waals surface area contributed by atoms with Gasteiger partial charge in [-0.2, -0.15) is 0 Å². The molecule has 1 saturated heterocycles. The molecule has 1 rings (SSSR count). The summed E-state index contributed by atoms with van der Waals surface area (Å²) in [6, 6.07) is 0. The van der Waals surface area contributed by atoms with Crippen molar-refractivity contribution in [3.8, 4) is 0 Å². The summed E-state index contributed by atoms with van der Waals surface area (Å²) in [5.74, 6) is 0. The number of hydrogen-bond acceptors (Lipinski definition) is 5. The van der Waals surface area contributed by atoms with Gasteiger partial charge in [-0.25, -0.2) is 0 Å². The van der Waals surface area contributed by atoms with E-state index in [0.717, 1.165) is 12.8 Å². The van der Waals surface area contributed by atoms with Crippen LogP contribution in [-0.4, -0.2) is 59.6 Å². The van der Waals surface area contributed by atoms with Crippen molar-refractivity contribution in [2.75, 3.05) is 19.8 Å². The molecule has 20 heavy (non-hydrogen) atoms. The molecule has 0 aromatic rings. The lowest BCUT2D eigenvalue weighted by molar-refractivity contribution is -0.210. The van der Waals surface area contributed by atoms with Crippen molar-refractivity contribution in [2.45, 2.75) is 63.4 Å². The van der Waals surface area contributed by atoms with Crippen LogP contribution in [0.1, 0.15) is 39.0 Å². The first-order valence-corrected chi connectivity index (χ1v) is 7.55. The Morgan fingerprint density at radius 2 is 1.95 bits per heavy atom. The van der Waals surface area contributed by atoms with Crippen molar-refractivity contribution in [2.24, 2.45) is 0 Å². The van der Waals surface area contributed by atoms with Gasteiger partial charge in [-0.1, -0.05) is 31.9 Å². The topological polar surface area (TPSA) is 79.2 Å². The van der Waals surface area contributed by atoms with Crippen LogP contribution in [0.2, 0.25) is 0 Å². The van der Waals surface area contributed by atoms with Crippen LogP contribution in [0.4, 0.5) is 0 Å². The van der Waals surface area contributed by atoms with Crippen LogP contribution in [-0.2, 0) is 9.47 Å². The molecule has 0 aromatic carbocycles. The first kappa shape index (κ1) is 17.6. The van der Waals surface area contributed by atoms with Crippen molar-refractivity contribution in [1.29, 1.82) is 0 Å². The van der Waals surface area contributed by atoms with E-state index >= 15 is 0 Å². The Bertz CT molecular complexity index is 269. The van der Waals surface area contributed by atoms with Crippen LogP contribution in [0, 0.1) is 0 Å². The first-order valence-electron chi connectivity index (χ1n) is 7.55. The molecule has 0 bridgehead atoms. The van der Waals surface area contributed by atoms with Gasteiger partial charge in [0.15, 0.2) is 0 Å². The smallest absolute Gasteiger partial charge is 0.114 e. The van der Waals surface area contributed by atoms with Crippen molar-refractivity contribution in [3.63, 3.8) is 0 Å². The number of rotatable bonds is 9. The van der Waals surface area contributed by atoms with Gasteiger partial charge in [0.25, 0.3) is 0 Å². The zero-order valence-corrected chi connectivity index (χ0v) is 12.3. The molecule has 0 aliphatic carbocycles. The lowest BCUT2D eigenvalue weighted by Crippen LogP contribution is -2.55. The third-order valence-electron chi connectivity index (χ3n) is 3.49. The minimum Gasteiger partial charge on any atom is -0.394 e. The Kier molecular flexibility index (Phi) is 9.05. The Morgan fingerprint density at radius 1 is 1.20 bits per heavy atom. The molecule has 5 heteroatoms. The first-order chi connectivity index (χ1) is 9.70. The van der Waals surface area contributed by atoms with Crippen LogP contribution in [0.5, 0.6) is 0 Å². The quantitative estimate of drug-likeness (QED) is 0.436. The number of unbranched alkanes of at least 4 members (excludes halogenated alkanes) is 3. The second-order valence-corrected chi connectivity index (χ2v) is 5.20. The van der Waals surface area contributed by atoms with Gasteiger partial charge < -0.3 is 24.8 Å². The number of aliphatic hydroxyl groups is 3. The van der Waals surface area contributed by atoms with Crippen molar-refractivity contribution < 1.29 is 24.8 Å². The summed E-state index contributed by atoms with van der Waals surface area (Å²) in [4.78, 5) is 0.